The van der Waals surface area contributed by atoms with Crippen molar-refractivity contribution in [2.45, 2.75) is 13.0 Å². The van der Waals surface area contributed by atoms with E-state index in [4.69, 9.17) is 14.9 Å². The number of hydrogen-bond donors (Lipinski definition) is 2. The molecule has 0 saturated heterocycles. The molecule has 1 aromatic carbocycles. The number of benzene rings is 1. The van der Waals surface area contributed by atoms with Crippen LogP contribution in [0.3, 0.4) is 0 Å². The number of carbonyl (C=O) groups excluding carboxylic acids is 1. The molecule has 0 fully saturated rings. The van der Waals surface area contributed by atoms with Gasteiger partial charge in [-0.25, -0.2) is 0 Å². The number of nitrogens with one attached hydrogen (secondary N) is 1. The Hall–Kier alpha value is -2.43. The number of nitrogen functional groups attached to an aromatic ring is 1. The molecular weight excluding hydrogens is 244 g/mol. The van der Waals surface area contributed by atoms with E-state index < -0.39 is 0 Å². The summed E-state index contributed by atoms with van der Waals surface area (Å²) in [7, 11) is 0. The summed E-state index contributed by atoms with van der Waals surface area (Å²) in [4.78, 5) is 11.5. The number of carbonyl (C=O) groups is 1. The highest BCUT2D eigenvalue weighted by Crippen LogP contribution is 2.14. The van der Waals surface area contributed by atoms with Gasteiger partial charge in [-0.05, 0) is 18.2 Å². The highest BCUT2D eigenvalue weighted by atomic mass is 16.5. The van der Waals surface area contributed by atoms with Gasteiger partial charge in [0.15, 0.2) is 0 Å². The van der Waals surface area contributed by atoms with Gasteiger partial charge in [-0.15, -0.1) is 0 Å². The molecule has 2 aromatic rings. The van der Waals surface area contributed by atoms with Crippen molar-refractivity contribution in [3.63, 3.8) is 0 Å². The van der Waals surface area contributed by atoms with Crippen LogP contribution in [0.1, 0.15) is 12.0 Å². The van der Waals surface area contributed by atoms with Gasteiger partial charge in [0.2, 0.25) is 5.91 Å². The number of rotatable bonds is 6. The summed E-state index contributed by atoms with van der Waals surface area (Å²) in [6.07, 6.45) is 3.47. The van der Waals surface area contributed by atoms with Crippen molar-refractivity contribution < 1.29 is 13.9 Å². The van der Waals surface area contributed by atoms with E-state index in [1.54, 1.807) is 30.7 Å². The quantitative estimate of drug-likeness (QED) is 0.778. The molecule has 0 aliphatic carbocycles. The summed E-state index contributed by atoms with van der Waals surface area (Å²) >= 11 is 0. The predicted molar refractivity (Wildman–Crippen MR) is 71.5 cm³/mol. The Morgan fingerprint density at radius 3 is 3.00 bits per heavy atom. The summed E-state index contributed by atoms with van der Waals surface area (Å²) in [5.41, 5.74) is 7.20. The zero-order valence-corrected chi connectivity index (χ0v) is 10.5. The van der Waals surface area contributed by atoms with E-state index in [1.807, 2.05) is 12.1 Å². The normalized spacial score (nSPS) is 10.1. The molecule has 1 amide bonds. The van der Waals surface area contributed by atoms with Crippen LogP contribution in [-0.4, -0.2) is 12.5 Å². The molecule has 2 rings (SSSR count). The minimum Gasteiger partial charge on any atom is -0.493 e. The molecule has 5 nitrogen and oxygen atoms in total. The van der Waals surface area contributed by atoms with E-state index in [2.05, 4.69) is 5.32 Å². The minimum atomic E-state index is -0.0647. The third kappa shape index (κ3) is 4.39. The Kier molecular flexibility index (Phi) is 4.44. The van der Waals surface area contributed by atoms with Crippen molar-refractivity contribution >= 4 is 11.6 Å². The van der Waals surface area contributed by atoms with Gasteiger partial charge < -0.3 is 20.2 Å². The maximum Gasteiger partial charge on any atom is 0.223 e. The summed E-state index contributed by atoms with van der Waals surface area (Å²) < 4.78 is 10.3. The molecule has 1 heterocycles. The molecule has 19 heavy (non-hydrogen) atoms. The maximum absolute atomic E-state index is 11.5. The lowest BCUT2D eigenvalue weighted by molar-refractivity contribution is -0.121. The molecule has 0 saturated carbocycles. The molecule has 5 heteroatoms. The van der Waals surface area contributed by atoms with Crippen LogP contribution in [0.5, 0.6) is 5.75 Å². The standard InChI is InChI=1S/C14H16N2O3/c15-12-2-1-3-13(8-12)19-7-5-14(17)16-9-11-4-6-18-10-11/h1-4,6,8,10H,5,7,9,15H2,(H,16,17). The summed E-state index contributed by atoms with van der Waals surface area (Å²) in [5.74, 6) is 0.604. The second-order valence-electron chi connectivity index (χ2n) is 4.08. The molecule has 0 spiro atoms. The van der Waals surface area contributed by atoms with E-state index in [0.29, 0.717) is 31.0 Å². The van der Waals surface area contributed by atoms with E-state index in [-0.39, 0.29) is 5.91 Å². The van der Waals surface area contributed by atoms with Crippen molar-refractivity contribution in [1.29, 1.82) is 0 Å². The second kappa shape index (κ2) is 6.49. The van der Waals surface area contributed by atoms with Gasteiger partial charge in [-0.1, -0.05) is 6.07 Å². The van der Waals surface area contributed by atoms with Crippen molar-refractivity contribution in [2.75, 3.05) is 12.3 Å². The predicted octanol–water partition coefficient (Wildman–Crippen LogP) is 1.95. The van der Waals surface area contributed by atoms with Crippen molar-refractivity contribution in [2.24, 2.45) is 0 Å². The number of anilines is 1. The van der Waals surface area contributed by atoms with E-state index in [0.717, 1.165) is 5.56 Å². The van der Waals surface area contributed by atoms with E-state index in [9.17, 15) is 4.79 Å². The topological polar surface area (TPSA) is 77.5 Å². The van der Waals surface area contributed by atoms with Crippen LogP contribution in [0, 0.1) is 0 Å². The molecule has 0 aliphatic rings. The second-order valence-corrected chi connectivity index (χ2v) is 4.08. The van der Waals surface area contributed by atoms with Gasteiger partial charge >= 0.3 is 0 Å². The van der Waals surface area contributed by atoms with Crippen molar-refractivity contribution in [3.05, 3.63) is 48.4 Å². The Bertz CT molecular complexity index is 523. The third-order valence-corrected chi connectivity index (χ3v) is 2.53. The van der Waals surface area contributed by atoms with Gasteiger partial charge in [-0.2, -0.15) is 0 Å². The van der Waals surface area contributed by atoms with Gasteiger partial charge in [0.25, 0.3) is 0 Å². The molecular formula is C14H16N2O3. The van der Waals surface area contributed by atoms with Crippen LogP contribution >= 0.6 is 0 Å². The smallest absolute Gasteiger partial charge is 0.223 e. The minimum absolute atomic E-state index is 0.0647. The Morgan fingerprint density at radius 1 is 1.37 bits per heavy atom. The van der Waals surface area contributed by atoms with Crippen LogP contribution in [0.4, 0.5) is 5.69 Å². The average molecular weight is 260 g/mol. The lowest BCUT2D eigenvalue weighted by atomic mass is 10.3. The molecule has 100 valence electrons. The zero-order chi connectivity index (χ0) is 13.5. The summed E-state index contributed by atoms with van der Waals surface area (Å²) in [5, 5.41) is 2.78. The van der Waals surface area contributed by atoms with E-state index in [1.165, 1.54) is 0 Å². The zero-order valence-electron chi connectivity index (χ0n) is 10.5. The number of ether oxygens (including phenoxy) is 1. The molecule has 0 bridgehead atoms. The van der Waals surface area contributed by atoms with Gasteiger partial charge in [-0.3, -0.25) is 4.79 Å². The lowest BCUT2D eigenvalue weighted by Gasteiger charge is -2.07. The van der Waals surface area contributed by atoms with Gasteiger partial charge in [0, 0.05) is 23.9 Å². The number of amides is 1. The van der Waals surface area contributed by atoms with Crippen LogP contribution in [0.2, 0.25) is 0 Å². The first kappa shape index (κ1) is 13.0. The number of nitrogens with two attached hydrogens (primary N) is 1. The van der Waals surface area contributed by atoms with Crippen molar-refractivity contribution in [3.8, 4) is 5.75 Å². The SMILES string of the molecule is Nc1cccc(OCCC(=O)NCc2ccoc2)c1. The van der Waals surface area contributed by atoms with Gasteiger partial charge in [0.1, 0.15) is 5.75 Å². The first-order valence-corrected chi connectivity index (χ1v) is 6.00. The van der Waals surface area contributed by atoms with Crippen LogP contribution in [0.25, 0.3) is 0 Å². The Labute approximate surface area is 111 Å². The fourth-order valence-electron chi connectivity index (χ4n) is 1.55. The van der Waals surface area contributed by atoms with E-state index >= 15 is 0 Å². The molecule has 0 atom stereocenters. The first-order chi connectivity index (χ1) is 9.24. The highest BCUT2D eigenvalue weighted by molar-refractivity contribution is 5.75. The monoisotopic (exact) mass is 260 g/mol. The third-order valence-electron chi connectivity index (χ3n) is 2.53. The fourth-order valence-corrected chi connectivity index (χ4v) is 1.55. The number of hydrogen-bond acceptors (Lipinski definition) is 4. The first-order valence-electron chi connectivity index (χ1n) is 6.00. The molecule has 0 radical (unpaired) electrons. The molecule has 3 N–H and O–H groups in total. The number of furan rings is 1. The van der Waals surface area contributed by atoms with Crippen molar-refractivity contribution in [1.82, 2.24) is 5.32 Å². The van der Waals surface area contributed by atoms with Gasteiger partial charge in [0.05, 0.1) is 25.6 Å². The lowest BCUT2D eigenvalue weighted by Crippen LogP contribution is -2.24. The summed E-state index contributed by atoms with van der Waals surface area (Å²) in [6.45, 7) is 0.786. The summed E-state index contributed by atoms with van der Waals surface area (Å²) in [6, 6.07) is 8.93. The highest BCUT2D eigenvalue weighted by Gasteiger charge is 2.03. The van der Waals surface area contributed by atoms with Crippen LogP contribution < -0.4 is 15.8 Å². The molecule has 0 unspecified atom stereocenters. The Balaban J connectivity index is 1.66. The fraction of sp³-hybridized carbons (Fsp3) is 0.214. The Morgan fingerprint density at radius 2 is 2.26 bits per heavy atom. The maximum atomic E-state index is 11.5. The van der Waals surface area contributed by atoms with Crippen LogP contribution in [-0.2, 0) is 11.3 Å². The molecule has 0 aliphatic heterocycles. The van der Waals surface area contributed by atoms with Crippen LogP contribution in [0.15, 0.2) is 47.3 Å². The average Bonchev–Trinajstić information content (AvgIpc) is 2.89. The molecule has 1 aromatic heterocycles. The largest absolute Gasteiger partial charge is 0.493 e.